The Hall–Kier alpha value is -3.15. The summed E-state index contributed by atoms with van der Waals surface area (Å²) in [6.07, 6.45) is 1.52. The number of rotatable bonds is 3. The van der Waals surface area contributed by atoms with Crippen LogP contribution in [0, 0.1) is 0 Å². The minimum atomic E-state index is -0.286. The summed E-state index contributed by atoms with van der Waals surface area (Å²) in [5, 5.41) is 19.4. The number of fused-ring (bicyclic) bond motifs is 1. The van der Waals surface area contributed by atoms with E-state index in [-0.39, 0.29) is 34.5 Å². The molecule has 2 aromatic carbocycles. The molecule has 6 heteroatoms. The molecular weight excluding hydrogens is 300 g/mol. The van der Waals surface area contributed by atoms with E-state index in [0.29, 0.717) is 16.9 Å². The third kappa shape index (κ3) is 2.55. The van der Waals surface area contributed by atoms with Gasteiger partial charge in [0.05, 0.1) is 19.8 Å². The monoisotopic (exact) mass is 314 g/mol. The molecule has 118 valence electrons. The Morgan fingerprint density at radius 2 is 1.70 bits per heavy atom. The third-order valence-electron chi connectivity index (χ3n) is 3.45. The standard InChI is InChI=1S/C17H14O6/c1-21-13-5-9(6-14(22-2)17(13)20)7-15-16(19)11-4-3-10(18)8-12(11)23-15/h3-8,18,20H,1-2H3/b15-7-. The second-order valence-electron chi connectivity index (χ2n) is 4.89. The van der Waals surface area contributed by atoms with E-state index >= 15 is 0 Å². The van der Waals surface area contributed by atoms with Crippen molar-refractivity contribution >= 4 is 11.9 Å². The maximum atomic E-state index is 12.3. The van der Waals surface area contributed by atoms with Crippen molar-refractivity contribution in [3.05, 3.63) is 47.2 Å². The number of benzene rings is 2. The van der Waals surface area contributed by atoms with Crippen LogP contribution in [0.3, 0.4) is 0 Å². The maximum Gasteiger partial charge on any atom is 0.231 e. The van der Waals surface area contributed by atoms with E-state index < -0.39 is 0 Å². The summed E-state index contributed by atoms with van der Waals surface area (Å²) in [5.41, 5.74) is 0.948. The van der Waals surface area contributed by atoms with Crippen LogP contribution in [0.1, 0.15) is 15.9 Å². The van der Waals surface area contributed by atoms with Crippen molar-refractivity contribution in [3.63, 3.8) is 0 Å². The molecule has 0 atom stereocenters. The van der Waals surface area contributed by atoms with Crippen LogP contribution in [0.5, 0.6) is 28.7 Å². The van der Waals surface area contributed by atoms with Crippen molar-refractivity contribution in [2.75, 3.05) is 14.2 Å². The summed E-state index contributed by atoms with van der Waals surface area (Å²) >= 11 is 0. The van der Waals surface area contributed by atoms with E-state index in [0.717, 1.165) is 0 Å². The van der Waals surface area contributed by atoms with Crippen molar-refractivity contribution in [3.8, 4) is 28.7 Å². The number of carbonyl (C=O) groups excluding carboxylic acids is 1. The van der Waals surface area contributed by atoms with Gasteiger partial charge in [0.15, 0.2) is 17.3 Å². The van der Waals surface area contributed by atoms with Gasteiger partial charge >= 0.3 is 0 Å². The Bertz CT molecular complexity index is 797. The molecule has 1 heterocycles. The molecule has 0 unspecified atom stereocenters. The number of ketones is 1. The Labute approximate surface area is 132 Å². The highest BCUT2D eigenvalue weighted by Crippen LogP contribution is 2.39. The van der Waals surface area contributed by atoms with Gasteiger partial charge in [0, 0.05) is 6.07 Å². The number of hydrogen-bond acceptors (Lipinski definition) is 6. The first-order valence-electron chi connectivity index (χ1n) is 6.75. The molecule has 0 saturated carbocycles. The van der Waals surface area contributed by atoms with E-state index in [9.17, 15) is 15.0 Å². The Balaban J connectivity index is 2.02. The van der Waals surface area contributed by atoms with Crippen LogP contribution in [0.2, 0.25) is 0 Å². The smallest absolute Gasteiger partial charge is 0.231 e. The average Bonchev–Trinajstić information content (AvgIpc) is 2.84. The minimum Gasteiger partial charge on any atom is -0.508 e. The Kier molecular flexibility index (Phi) is 3.57. The van der Waals surface area contributed by atoms with Crippen molar-refractivity contribution in [2.45, 2.75) is 0 Å². The van der Waals surface area contributed by atoms with Crippen LogP contribution < -0.4 is 14.2 Å². The molecule has 0 radical (unpaired) electrons. The predicted octanol–water partition coefficient (Wildman–Crippen LogP) is 2.73. The van der Waals surface area contributed by atoms with Crippen molar-refractivity contribution < 1.29 is 29.2 Å². The van der Waals surface area contributed by atoms with Gasteiger partial charge in [0.25, 0.3) is 0 Å². The zero-order chi connectivity index (χ0) is 16.6. The summed E-state index contributed by atoms with van der Waals surface area (Å²) in [7, 11) is 2.84. The van der Waals surface area contributed by atoms with Gasteiger partial charge in [0.1, 0.15) is 11.5 Å². The number of phenolic OH excluding ortho intramolecular Hbond substituents is 2. The molecule has 0 aromatic heterocycles. The highest BCUT2D eigenvalue weighted by Gasteiger charge is 2.27. The first-order chi connectivity index (χ1) is 11.0. The van der Waals surface area contributed by atoms with Crippen LogP contribution in [0.25, 0.3) is 6.08 Å². The first-order valence-corrected chi connectivity index (χ1v) is 6.75. The maximum absolute atomic E-state index is 12.3. The first kappa shape index (κ1) is 14.8. The zero-order valence-electron chi connectivity index (χ0n) is 12.5. The molecule has 0 saturated heterocycles. The van der Waals surface area contributed by atoms with Gasteiger partial charge in [-0.25, -0.2) is 0 Å². The SMILES string of the molecule is COc1cc(/C=C2\Oc3cc(O)ccc3C2=O)cc(OC)c1O. The molecule has 3 rings (SSSR count). The lowest BCUT2D eigenvalue weighted by Crippen LogP contribution is -1.98. The zero-order valence-corrected chi connectivity index (χ0v) is 12.5. The topological polar surface area (TPSA) is 85.2 Å². The predicted molar refractivity (Wildman–Crippen MR) is 82.3 cm³/mol. The fraction of sp³-hybridized carbons (Fsp3) is 0.118. The number of hydrogen-bond donors (Lipinski definition) is 2. The molecule has 23 heavy (non-hydrogen) atoms. The van der Waals surface area contributed by atoms with E-state index in [1.807, 2.05) is 0 Å². The molecule has 2 N–H and O–H groups in total. The number of ether oxygens (including phenoxy) is 3. The van der Waals surface area contributed by atoms with Crippen molar-refractivity contribution in [1.29, 1.82) is 0 Å². The number of phenols is 2. The second kappa shape index (κ2) is 5.57. The lowest BCUT2D eigenvalue weighted by atomic mass is 10.1. The van der Waals surface area contributed by atoms with Gasteiger partial charge in [-0.2, -0.15) is 0 Å². The van der Waals surface area contributed by atoms with Crippen LogP contribution in [-0.4, -0.2) is 30.2 Å². The lowest BCUT2D eigenvalue weighted by Gasteiger charge is -2.09. The summed E-state index contributed by atoms with van der Waals surface area (Å²) in [6, 6.07) is 7.43. The molecule has 0 aliphatic carbocycles. The number of aromatic hydroxyl groups is 2. The lowest BCUT2D eigenvalue weighted by molar-refractivity contribution is 0.101. The highest BCUT2D eigenvalue weighted by molar-refractivity contribution is 6.14. The number of Topliss-reactive ketones (excluding diaryl/α,β-unsaturated/α-hetero) is 1. The Morgan fingerprint density at radius 3 is 2.30 bits per heavy atom. The minimum absolute atomic E-state index is 0.0192. The van der Waals surface area contributed by atoms with E-state index in [1.165, 1.54) is 38.5 Å². The van der Waals surface area contributed by atoms with Crippen molar-refractivity contribution in [2.24, 2.45) is 0 Å². The van der Waals surface area contributed by atoms with Crippen molar-refractivity contribution in [1.82, 2.24) is 0 Å². The largest absolute Gasteiger partial charge is 0.508 e. The second-order valence-corrected chi connectivity index (χ2v) is 4.89. The van der Waals surface area contributed by atoms with Crippen LogP contribution in [-0.2, 0) is 0 Å². The summed E-state index contributed by atoms with van der Waals surface area (Å²) in [5.74, 6) is 0.466. The van der Waals surface area contributed by atoms with Crippen LogP contribution in [0.4, 0.5) is 0 Å². The molecule has 2 aromatic rings. The normalized spacial score (nSPS) is 14.5. The van der Waals surface area contributed by atoms with Gasteiger partial charge in [-0.1, -0.05) is 0 Å². The summed E-state index contributed by atoms with van der Waals surface area (Å²) in [6.45, 7) is 0. The number of allylic oxidation sites excluding steroid dienone is 1. The van der Waals surface area contributed by atoms with Crippen LogP contribution >= 0.6 is 0 Å². The molecule has 1 aliphatic heterocycles. The quantitative estimate of drug-likeness (QED) is 0.847. The molecule has 0 amide bonds. The van der Waals surface area contributed by atoms with Gasteiger partial charge in [-0.15, -0.1) is 0 Å². The van der Waals surface area contributed by atoms with Gasteiger partial charge in [-0.05, 0) is 35.9 Å². The molecule has 0 fully saturated rings. The summed E-state index contributed by atoms with van der Waals surface area (Å²) < 4.78 is 15.6. The fourth-order valence-corrected chi connectivity index (χ4v) is 2.32. The average molecular weight is 314 g/mol. The fourth-order valence-electron chi connectivity index (χ4n) is 2.32. The van der Waals surface area contributed by atoms with Gasteiger partial charge < -0.3 is 24.4 Å². The number of carbonyl (C=O) groups is 1. The molecule has 6 nitrogen and oxygen atoms in total. The van der Waals surface area contributed by atoms with E-state index in [1.54, 1.807) is 12.1 Å². The molecule has 1 aliphatic rings. The van der Waals surface area contributed by atoms with Gasteiger partial charge in [-0.3, -0.25) is 4.79 Å². The highest BCUT2D eigenvalue weighted by atomic mass is 16.5. The van der Waals surface area contributed by atoms with E-state index in [2.05, 4.69) is 0 Å². The van der Waals surface area contributed by atoms with E-state index in [4.69, 9.17) is 14.2 Å². The van der Waals surface area contributed by atoms with Crippen LogP contribution in [0.15, 0.2) is 36.1 Å². The third-order valence-corrected chi connectivity index (χ3v) is 3.45. The van der Waals surface area contributed by atoms with Gasteiger partial charge in [0.2, 0.25) is 11.5 Å². The number of methoxy groups -OCH3 is 2. The Morgan fingerprint density at radius 1 is 1.04 bits per heavy atom. The molecule has 0 spiro atoms. The molecular formula is C17H14O6. The summed E-state index contributed by atoms with van der Waals surface area (Å²) in [4.78, 5) is 12.3. The molecule has 0 bridgehead atoms.